The fourth-order valence-corrected chi connectivity index (χ4v) is 2.07. The molecule has 2 rings (SSSR count). The first-order valence-electron chi connectivity index (χ1n) is 6.80. The molecule has 2 N–H and O–H groups in total. The van der Waals surface area contributed by atoms with E-state index < -0.39 is 6.10 Å². The van der Waals surface area contributed by atoms with E-state index in [-0.39, 0.29) is 18.5 Å². The van der Waals surface area contributed by atoms with Crippen LogP contribution in [0.5, 0.6) is 0 Å². The lowest BCUT2D eigenvalue weighted by molar-refractivity contribution is -0.135. The first kappa shape index (κ1) is 15.2. The molecule has 1 unspecified atom stereocenters. The average molecular weight is 296 g/mol. The van der Waals surface area contributed by atoms with E-state index in [1.54, 1.807) is 19.0 Å². The summed E-state index contributed by atoms with van der Waals surface area (Å²) in [5.74, 6) is 0.171. The summed E-state index contributed by atoms with van der Waals surface area (Å²) in [6.45, 7) is 1.05. The highest BCUT2D eigenvalue weighted by atomic mass is 16.3. The van der Waals surface area contributed by atoms with Crippen LogP contribution >= 0.6 is 0 Å². The number of anilines is 1. The van der Waals surface area contributed by atoms with Crippen molar-refractivity contribution in [3.63, 3.8) is 0 Å². The van der Waals surface area contributed by atoms with Crippen molar-refractivity contribution in [1.29, 1.82) is 0 Å². The second kappa shape index (κ2) is 6.53. The zero-order valence-corrected chi connectivity index (χ0v) is 12.2. The van der Waals surface area contributed by atoms with Crippen LogP contribution in [-0.2, 0) is 11.3 Å². The van der Waals surface area contributed by atoms with Crippen molar-refractivity contribution < 1.29 is 14.7 Å². The van der Waals surface area contributed by atoms with Crippen LogP contribution in [0.25, 0.3) is 0 Å². The van der Waals surface area contributed by atoms with Crippen LogP contribution in [0.3, 0.4) is 0 Å². The second-order valence-electron chi connectivity index (χ2n) is 5.26. The third-order valence-electron chi connectivity index (χ3n) is 3.23. The molecular formula is C12H20N6O3. The lowest BCUT2D eigenvalue weighted by Crippen LogP contribution is -2.43. The monoisotopic (exact) mass is 296 g/mol. The molecule has 0 bridgehead atoms. The van der Waals surface area contributed by atoms with Gasteiger partial charge in [-0.1, -0.05) is 5.21 Å². The molecule has 9 heteroatoms. The highest BCUT2D eigenvalue weighted by Gasteiger charge is 2.22. The summed E-state index contributed by atoms with van der Waals surface area (Å²) in [7, 11) is 3.23. The average Bonchev–Trinajstić information content (AvgIpc) is 2.85. The van der Waals surface area contributed by atoms with E-state index in [1.165, 1.54) is 15.8 Å². The first-order valence-corrected chi connectivity index (χ1v) is 6.80. The van der Waals surface area contributed by atoms with Crippen molar-refractivity contribution in [1.82, 2.24) is 24.8 Å². The highest BCUT2D eigenvalue weighted by Crippen LogP contribution is 2.10. The molecule has 116 valence electrons. The molecule has 0 aromatic carbocycles. The summed E-state index contributed by atoms with van der Waals surface area (Å²) in [4.78, 5) is 26.5. The Labute approximate surface area is 122 Å². The van der Waals surface area contributed by atoms with Gasteiger partial charge in [0.2, 0.25) is 5.91 Å². The van der Waals surface area contributed by atoms with E-state index in [0.717, 1.165) is 12.8 Å². The maximum atomic E-state index is 12.1. The van der Waals surface area contributed by atoms with Crippen molar-refractivity contribution in [2.45, 2.75) is 25.5 Å². The van der Waals surface area contributed by atoms with Crippen LogP contribution in [0.4, 0.5) is 10.6 Å². The van der Waals surface area contributed by atoms with Crippen molar-refractivity contribution in [2.75, 3.05) is 32.5 Å². The Morgan fingerprint density at radius 2 is 2.29 bits per heavy atom. The van der Waals surface area contributed by atoms with Crippen LogP contribution in [0, 0.1) is 0 Å². The lowest BCUT2D eigenvalue weighted by Gasteiger charge is -2.29. The summed E-state index contributed by atoms with van der Waals surface area (Å²) >= 11 is 0. The fourth-order valence-electron chi connectivity index (χ4n) is 2.07. The third-order valence-corrected chi connectivity index (χ3v) is 3.23. The van der Waals surface area contributed by atoms with E-state index in [1.807, 2.05) is 0 Å². The van der Waals surface area contributed by atoms with E-state index in [4.69, 9.17) is 0 Å². The molecule has 0 radical (unpaired) electrons. The standard InChI is InChI=1S/C12H20N6O3/c1-16(2)12(21)13-10-7-18(15-14-10)8-11(20)17-5-3-4-9(19)6-17/h7,9,19H,3-6,8H2,1-2H3,(H,13,21). The summed E-state index contributed by atoms with van der Waals surface area (Å²) in [5, 5.41) is 19.7. The molecule has 21 heavy (non-hydrogen) atoms. The summed E-state index contributed by atoms with van der Waals surface area (Å²) in [6.07, 6.45) is 2.58. The quantitative estimate of drug-likeness (QED) is 0.772. The third kappa shape index (κ3) is 4.15. The molecule has 1 aromatic rings. The Hall–Kier alpha value is -2.16. The Bertz CT molecular complexity index is 515. The predicted molar refractivity (Wildman–Crippen MR) is 74.5 cm³/mol. The number of amides is 3. The molecular weight excluding hydrogens is 276 g/mol. The molecule has 0 saturated carbocycles. The molecule has 1 aliphatic heterocycles. The normalized spacial score (nSPS) is 18.4. The Balaban J connectivity index is 1.90. The van der Waals surface area contributed by atoms with E-state index >= 15 is 0 Å². The van der Waals surface area contributed by atoms with Crippen LogP contribution in [0.15, 0.2) is 6.20 Å². The zero-order chi connectivity index (χ0) is 15.4. The molecule has 3 amide bonds. The van der Waals surface area contributed by atoms with Gasteiger partial charge in [0.05, 0.1) is 12.3 Å². The summed E-state index contributed by atoms with van der Waals surface area (Å²) < 4.78 is 1.37. The predicted octanol–water partition coefficient (Wildman–Crippen LogP) is -0.645. The number of carbonyl (C=O) groups excluding carboxylic acids is 2. The fraction of sp³-hybridized carbons (Fsp3) is 0.667. The van der Waals surface area contributed by atoms with Crippen molar-refractivity contribution in [3.8, 4) is 0 Å². The van der Waals surface area contributed by atoms with Gasteiger partial charge in [0.25, 0.3) is 0 Å². The Kier molecular flexibility index (Phi) is 4.73. The second-order valence-corrected chi connectivity index (χ2v) is 5.26. The molecule has 1 fully saturated rings. The topological polar surface area (TPSA) is 104 Å². The smallest absolute Gasteiger partial charge is 0.322 e. The number of likely N-dealkylation sites (tertiary alicyclic amines) is 1. The van der Waals surface area contributed by atoms with Crippen LogP contribution in [0.1, 0.15) is 12.8 Å². The Morgan fingerprint density at radius 3 is 2.95 bits per heavy atom. The van der Waals surface area contributed by atoms with E-state index in [9.17, 15) is 14.7 Å². The maximum absolute atomic E-state index is 12.1. The summed E-state index contributed by atoms with van der Waals surface area (Å²) in [5.41, 5.74) is 0. The van der Waals surface area contributed by atoms with Gasteiger partial charge in [0.15, 0.2) is 5.82 Å². The number of hydrogen-bond acceptors (Lipinski definition) is 5. The van der Waals surface area contributed by atoms with Crippen LogP contribution < -0.4 is 5.32 Å². The molecule has 1 aliphatic rings. The number of aliphatic hydroxyl groups excluding tert-OH is 1. The number of nitrogens with one attached hydrogen (secondary N) is 1. The summed E-state index contributed by atoms with van der Waals surface area (Å²) in [6, 6.07) is -0.312. The minimum absolute atomic E-state index is 0.0392. The molecule has 1 atom stereocenters. The molecule has 9 nitrogen and oxygen atoms in total. The van der Waals surface area contributed by atoms with Crippen molar-refractivity contribution in [2.24, 2.45) is 0 Å². The van der Waals surface area contributed by atoms with Gasteiger partial charge in [-0.15, -0.1) is 5.10 Å². The SMILES string of the molecule is CN(C)C(=O)Nc1cn(CC(=O)N2CCCC(O)C2)nn1. The molecule has 1 aromatic heterocycles. The number of hydrogen-bond donors (Lipinski definition) is 2. The van der Waals surface area contributed by atoms with Gasteiger partial charge in [-0.05, 0) is 12.8 Å². The molecule has 0 aliphatic carbocycles. The number of carbonyl (C=O) groups is 2. The Morgan fingerprint density at radius 1 is 1.52 bits per heavy atom. The zero-order valence-electron chi connectivity index (χ0n) is 12.2. The van der Waals surface area contributed by atoms with Gasteiger partial charge >= 0.3 is 6.03 Å². The maximum Gasteiger partial charge on any atom is 0.322 e. The lowest BCUT2D eigenvalue weighted by atomic mass is 10.1. The van der Waals surface area contributed by atoms with E-state index in [2.05, 4.69) is 15.6 Å². The minimum atomic E-state index is -0.451. The largest absolute Gasteiger partial charge is 0.391 e. The molecule has 1 saturated heterocycles. The number of urea groups is 1. The minimum Gasteiger partial charge on any atom is -0.391 e. The number of β-amino-alcohol motifs (C(OH)–C–C–N with tert-alkyl or cyclic N) is 1. The number of piperidine rings is 1. The van der Waals surface area contributed by atoms with Crippen molar-refractivity contribution >= 4 is 17.8 Å². The highest BCUT2D eigenvalue weighted by molar-refractivity contribution is 5.87. The van der Waals surface area contributed by atoms with Gasteiger partial charge in [-0.2, -0.15) is 0 Å². The number of rotatable bonds is 3. The van der Waals surface area contributed by atoms with E-state index in [0.29, 0.717) is 18.9 Å². The number of aliphatic hydroxyl groups is 1. The number of aromatic nitrogens is 3. The van der Waals surface area contributed by atoms with Crippen LogP contribution in [-0.4, -0.2) is 75.1 Å². The first-order chi connectivity index (χ1) is 9.95. The van der Waals surface area contributed by atoms with Gasteiger partial charge in [0, 0.05) is 27.2 Å². The number of nitrogens with zero attached hydrogens (tertiary/aromatic N) is 5. The van der Waals surface area contributed by atoms with Gasteiger partial charge in [-0.25, -0.2) is 9.48 Å². The van der Waals surface area contributed by atoms with Gasteiger partial charge < -0.3 is 14.9 Å². The van der Waals surface area contributed by atoms with Gasteiger partial charge in [0.1, 0.15) is 6.54 Å². The molecule has 2 heterocycles. The van der Waals surface area contributed by atoms with Crippen LogP contribution in [0.2, 0.25) is 0 Å². The molecule has 0 spiro atoms. The van der Waals surface area contributed by atoms with Gasteiger partial charge in [-0.3, -0.25) is 10.1 Å². The van der Waals surface area contributed by atoms with Crippen molar-refractivity contribution in [3.05, 3.63) is 6.20 Å².